The molecular weight excluding hydrogens is 404 g/mol. The van der Waals surface area contributed by atoms with Crippen LogP contribution in [-0.4, -0.2) is 45.9 Å². The highest BCUT2D eigenvalue weighted by molar-refractivity contribution is 7.92. The van der Waals surface area contributed by atoms with E-state index in [1.807, 2.05) is 24.3 Å². The van der Waals surface area contributed by atoms with E-state index in [4.69, 9.17) is 4.74 Å². The van der Waals surface area contributed by atoms with Crippen LogP contribution < -0.4 is 4.72 Å². The molecule has 7 nitrogen and oxygen atoms in total. The predicted octanol–water partition coefficient (Wildman–Crippen LogP) is 2.81. The Morgan fingerprint density at radius 3 is 2.27 bits per heavy atom. The molecule has 0 aliphatic heterocycles. The molecule has 0 aliphatic rings. The zero-order valence-corrected chi connectivity index (χ0v) is 17.5. The van der Waals surface area contributed by atoms with Crippen molar-refractivity contribution in [1.82, 2.24) is 4.90 Å². The van der Waals surface area contributed by atoms with Gasteiger partial charge in [-0.25, -0.2) is 8.42 Å². The van der Waals surface area contributed by atoms with Crippen molar-refractivity contribution >= 4 is 38.4 Å². The number of rotatable bonds is 7. The molecule has 156 valence electrons. The number of anilines is 1. The van der Waals surface area contributed by atoms with Gasteiger partial charge in [0.25, 0.3) is 15.9 Å². The Morgan fingerprint density at radius 1 is 0.933 bits per heavy atom. The molecule has 8 heteroatoms. The molecule has 0 saturated carbocycles. The molecule has 1 amide bonds. The van der Waals surface area contributed by atoms with Gasteiger partial charge in [0.15, 0.2) is 6.61 Å². The summed E-state index contributed by atoms with van der Waals surface area (Å²) in [6, 6.07) is 18.9. The minimum Gasteiger partial charge on any atom is -0.455 e. The minimum atomic E-state index is -3.75. The van der Waals surface area contributed by atoms with Crippen LogP contribution in [0.5, 0.6) is 0 Å². The summed E-state index contributed by atoms with van der Waals surface area (Å²) in [4.78, 5) is 24.8. The minimum absolute atomic E-state index is 0.0155. The second kappa shape index (κ2) is 8.96. The van der Waals surface area contributed by atoms with Crippen LogP contribution in [0, 0.1) is 0 Å². The van der Waals surface area contributed by atoms with Gasteiger partial charge in [0.05, 0.1) is 11.3 Å². The van der Waals surface area contributed by atoms with Gasteiger partial charge in [-0.15, -0.1) is 0 Å². The fraction of sp³-hybridized carbons (Fsp3) is 0.182. The van der Waals surface area contributed by atoms with Crippen molar-refractivity contribution in [3.05, 3.63) is 72.3 Å². The van der Waals surface area contributed by atoms with Crippen LogP contribution in [0.15, 0.2) is 71.6 Å². The van der Waals surface area contributed by atoms with Crippen molar-refractivity contribution in [2.24, 2.45) is 0 Å². The molecule has 0 saturated heterocycles. The van der Waals surface area contributed by atoms with Crippen LogP contribution in [0.4, 0.5) is 5.69 Å². The first-order valence-electron chi connectivity index (χ1n) is 9.21. The van der Waals surface area contributed by atoms with Crippen molar-refractivity contribution in [3.8, 4) is 0 Å². The van der Waals surface area contributed by atoms with Gasteiger partial charge in [-0.2, -0.15) is 0 Å². The average Bonchev–Trinajstić information content (AvgIpc) is 2.72. The monoisotopic (exact) mass is 426 g/mol. The van der Waals surface area contributed by atoms with E-state index in [2.05, 4.69) is 4.72 Å². The van der Waals surface area contributed by atoms with E-state index in [9.17, 15) is 18.0 Å². The molecule has 0 atom stereocenters. The first-order valence-corrected chi connectivity index (χ1v) is 10.7. The number of likely N-dealkylation sites (N-methyl/N-ethyl adjacent to an activating group) is 1. The van der Waals surface area contributed by atoms with Crippen molar-refractivity contribution in [3.63, 3.8) is 0 Å². The number of hydrogen-bond acceptors (Lipinski definition) is 5. The molecule has 1 N–H and O–H groups in total. The molecule has 0 aliphatic carbocycles. The zero-order valence-electron chi connectivity index (χ0n) is 16.7. The lowest BCUT2D eigenvalue weighted by Gasteiger charge is -2.11. The number of carbonyl (C=O) groups excluding carboxylic acids is 2. The van der Waals surface area contributed by atoms with E-state index >= 15 is 0 Å². The molecule has 3 rings (SSSR count). The van der Waals surface area contributed by atoms with E-state index in [1.165, 1.54) is 4.90 Å². The molecule has 0 fully saturated rings. The summed E-state index contributed by atoms with van der Waals surface area (Å²) in [5.74, 6) is -0.837. The summed E-state index contributed by atoms with van der Waals surface area (Å²) < 4.78 is 32.9. The van der Waals surface area contributed by atoms with Crippen LogP contribution >= 0.6 is 0 Å². The third kappa shape index (κ3) is 5.36. The summed E-state index contributed by atoms with van der Waals surface area (Å²) in [5, 5.41) is 1.79. The lowest BCUT2D eigenvalue weighted by atomic mass is 10.1. The Balaban J connectivity index is 1.64. The van der Waals surface area contributed by atoms with Crippen molar-refractivity contribution in [2.75, 3.05) is 25.4 Å². The maximum atomic E-state index is 12.7. The molecule has 0 unspecified atom stereocenters. The topological polar surface area (TPSA) is 92.8 Å². The van der Waals surface area contributed by atoms with Crippen LogP contribution in [0.3, 0.4) is 0 Å². The predicted molar refractivity (Wildman–Crippen MR) is 115 cm³/mol. The van der Waals surface area contributed by atoms with Crippen molar-refractivity contribution in [2.45, 2.75) is 11.3 Å². The molecule has 30 heavy (non-hydrogen) atoms. The van der Waals surface area contributed by atoms with Gasteiger partial charge in [-0.05, 0) is 40.6 Å². The summed E-state index contributed by atoms with van der Waals surface area (Å²) in [6.45, 7) is -0.310. The van der Waals surface area contributed by atoms with E-state index in [0.29, 0.717) is 11.3 Å². The fourth-order valence-electron chi connectivity index (χ4n) is 2.73. The molecular formula is C22H22N2O5S. The van der Waals surface area contributed by atoms with E-state index < -0.39 is 16.0 Å². The Bertz CT molecular complexity index is 1170. The van der Waals surface area contributed by atoms with Crippen molar-refractivity contribution < 1.29 is 22.7 Å². The lowest BCUT2D eigenvalue weighted by Crippen LogP contribution is -2.27. The smallest absolute Gasteiger partial charge is 0.310 e. The molecule has 0 spiro atoms. The number of nitrogens with one attached hydrogen (secondary N) is 1. The number of hydrogen-bond donors (Lipinski definition) is 1. The lowest BCUT2D eigenvalue weighted by molar-refractivity contribution is -0.150. The average molecular weight is 426 g/mol. The number of fused-ring (bicyclic) bond motifs is 1. The van der Waals surface area contributed by atoms with Gasteiger partial charge < -0.3 is 9.64 Å². The van der Waals surface area contributed by atoms with Gasteiger partial charge in [0.2, 0.25) is 0 Å². The summed E-state index contributed by atoms with van der Waals surface area (Å²) >= 11 is 0. The second-order valence-electron chi connectivity index (χ2n) is 6.94. The molecule has 3 aromatic carbocycles. The highest BCUT2D eigenvalue weighted by Crippen LogP contribution is 2.21. The maximum Gasteiger partial charge on any atom is 0.310 e. The number of sulfonamides is 1. The van der Waals surface area contributed by atoms with E-state index in [-0.39, 0.29) is 23.8 Å². The summed E-state index contributed by atoms with van der Waals surface area (Å²) in [5.41, 5.74) is 1.02. The Morgan fingerprint density at radius 2 is 1.60 bits per heavy atom. The molecule has 0 aromatic heterocycles. The quantitative estimate of drug-likeness (QED) is 0.587. The Hall–Kier alpha value is -3.39. The number of benzene rings is 3. The first-order chi connectivity index (χ1) is 14.2. The number of esters is 1. The SMILES string of the molecule is CN(C)C(=O)COC(=O)Cc1ccc(NS(=O)(=O)c2ccc3ccccc3c2)cc1. The zero-order chi connectivity index (χ0) is 21.7. The summed E-state index contributed by atoms with van der Waals surface area (Å²) in [7, 11) is -0.596. The van der Waals surface area contributed by atoms with Gasteiger partial charge in [-0.1, -0.05) is 42.5 Å². The highest BCUT2D eigenvalue weighted by Gasteiger charge is 2.15. The van der Waals surface area contributed by atoms with E-state index in [1.54, 1.807) is 56.6 Å². The normalized spacial score (nSPS) is 11.1. The Kier molecular flexibility index (Phi) is 6.37. The largest absolute Gasteiger partial charge is 0.455 e. The maximum absolute atomic E-state index is 12.7. The van der Waals surface area contributed by atoms with Crippen LogP contribution in [-0.2, 0) is 30.8 Å². The van der Waals surface area contributed by atoms with Gasteiger partial charge in [-0.3, -0.25) is 14.3 Å². The highest BCUT2D eigenvalue weighted by atomic mass is 32.2. The number of ether oxygens (including phenoxy) is 1. The molecule has 0 bridgehead atoms. The van der Waals surface area contributed by atoms with Crippen LogP contribution in [0.25, 0.3) is 10.8 Å². The van der Waals surface area contributed by atoms with Gasteiger partial charge in [0, 0.05) is 19.8 Å². The van der Waals surface area contributed by atoms with Crippen LogP contribution in [0.1, 0.15) is 5.56 Å². The Labute approximate surface area is 175 Å². The second-order valence-corrected chi connectivity index (χ2v) is 8.62. The standard InChI is InChI=1S/C22H22N2O5S/c1-24(2)21(25)15-29-22(26)13-16-7-10-19(11-8-16)23-30(27,28)20-12-9-17-5-3-4-6-18(17)14-20/h3-12,14,23H,13,15H2,1-2H3. The number of carbonyl (C=O) groups is 2. The van der Waals surface area contributed by atoms with Gasteiger partial charge >= 0.3 is 5.97 Å². The summed E-state index contributed by atoms with van der Waals surface area (Å²) in [6.07, 6.45) is -0.0155. The third-order valence-corrected chi connectivity index (χ3v) is 5.82. The van der Waals surface area contributed by atoms with Gasteiger partial charge in [0.1, 0.15) is 0 Å². The molecule has 3 aromatic rings. The third-order valence-electron chi connectivity index (χ3n) is 4.44. The van der Waals surface area contributed by atoms with Crippen molar-refractivity contribution in [1.29, 1.82) is 0 Å². The van der Waals surface area contributed by atoms with E-state index in [0.717, 1.165) is 10.8 Å². The molecule has 0 radical (unpaired) electrons. The number of nitrogens with zero attached hydrogens (tertiary/aromatic N) is 1. The van der Waals surface area contributed by atoms with Crippen LogP contribution in [0.2, 0.25) is 0 Å². The number of amides is 1. The first kappa shape index (κ1) is 21.3. The molecule has 0 heterocycles. The fourth-order valence-corrected chi connectivity index (χ4v) is 3.82.